The Balaban J connectivity index is 0.00000312. The molecule has 0 fully saturated rings. The molecule has 2 rings (SSSR count). The zero-order valence-electron chi connectivity index (χ0n) is 14.8. The number of nitrogens with two attached hydrogens (primary N) is 1. The molecule has 0 aliphatic rings. The largest absolute Gasteiger partial charge is 0.493 e. The van der Waals surface area contributed by atoms with Gasteiger partial charge in [0.2, 0.25) is 5.91 Å². The van der Waals surface area contributed by atoms with E-state index in [9.17, 15) is 4.79 Å². The molecule has 3 N–H and O–H groups in total. The Kier molecular flexibility index (Phi) is 11.4. The number of halogens is 2. The predicted octanol–water partition coefficient (Wildman–Crippen LogP) is 2.87. The van der Waals surface area contributed by atoms with Gasteiger partial charge >= 0.3 is 0 Å². The fourth-order valence-electron chi connectivity index (χ4n) is 2.15. The maximum Gasteiger partial charge on any atom is 0.221 e. The summed E-state index contributed by atoms with van der Waals surface area (Å²) in [4.78, 5) is 15.7. The molecule has 0 aliphatic heterocycles. The second kappa shape index (κ2) is 12.4. The number of ether oxygens (including phenoxy) is 2. The number of carbonyl (C=O) groups excluding carboxylic acids is 1. The highest BCUT2D eigenvalue weighted by atomic mass is 35.5. The van der Waals surface area contributed by atoms with Gasteiger partial charge in [-0.3, -0.25) is 9.78 Å². The standard InChI is InChI=1S/C18H23N3O3.2ClH/c1-13(19)8-18(22)21-11-14-5-6-16(17(9-14)23-2)24-12-15-4-3-7-20-10-15;;/h3-7,9-10,13H,8,11-12,19H2,1-2H3,(H,21,22);2*1H. The summed E-state index contributed by atoms with van der Waals surface area (Å²) in [7, 11) is 1.59. The van der Waals surface area contributed by atoms with E-state index in [2.05, 4.69) is 10.3 Å². The van der Waals surface area contributed by atoms with Crippen LogP contribution in [0.1, 0.15) is 24.5 Å². The van der Waals surface area contributed by atoms with Gasteiger partial charge in [-0.25, -0.2) is 0 Å². The monoisotopic (exact) mass is 401 g/mol. The number of nitrogens with zero attached hydrogens (tertiary/aromatic N) is 1. The number of nitrogens with one attached hydrogen (secondary N) is 1. The summed E-state index contributed by atoms with van der Waals surface area (Å²) in [5.74, 6) is 1.20. The Morgan fingerprint density at radius 2 is 2.00 bits per heavy atom. The molecular formula is C18H25Cl2N3O3. The van der Waals surface area contributed by atoms with Crippen molar-refractivity contribution in [2.75, 3.05) is 7.11 Å². The lowest BCUT2D eigenvalue weighted by Crippen LogP contribution is -2.29. The van der Waals surface area contributed by atoms with Crippen LogP contribution in [0.15, 0.2) is 42.7 Å². The number of hydrogen-bond acceptors (Lipinski definition) is 5. The molecule has 1 amide bonds. The third-order valence-electron chi connectivity index (χ3n) is 3.34. The van der Waals surface area contributed by atoms with Crippen molar-refractivity contribution in [1.29, 1.82) is 0 Å². The Bertz CT molecular complexity index is 670. The molecule has 2 aromatic rings. The summed E-state index contributed by atoms with van der Waals surface area (Å²) in [6.07, 6.45) is 3.79. The third-order valence-corrected chi connectivity index (χ3v) is 3.34. The molecule has 6 nitrogen and oxygen atoms in total. The zero-order chi connectivity index (χ0) is 17.4. The number of benzene rings is 1. The Labute approximate surface area is 166 Å². The lowest BCUT2D eigenvalue weighted by molar-refractivity contribution is -0.121. The summed E-state index contributed by atoms with van der Waals surface area (Å²) in [6.45, 7) is 2.64. The molecule has 0 radical (unpaired) electrons. The van der Waals surface area contributed by atoms with Gasteiger partial charge in [0.05, 0.1) is 7.11 Å². The average molecular weight is 402 g/mol. The van der Waals surface area contributed by atoms with E-state index >= 15 is 0 Å². The molecule has 1 aromatic heterocycles. The van der Waals surface area contributed by atoms with E-state index in [4.69, 9.17) is 15.2 Å². The van der Waals surface area contributed by atoms with E-state index in [1.54, 1.807) is 26.4 Å². The van der Waals surface area contributed by atoms with Crippen molar-refractivity contribution in [1.82, 2.24) is 10.3 Å². The van der Waals surface area contributed by atoms with Gasteiger partial charge in [-0.2, -0.15) is 0 Å². The van der Waals surface area contributed by atoms with Crippen LogP contribution in [-0.4, -0.2) is 24.0 Å². The topological polar surface area (TPSA) is 86.5 Å². The highest BCUT2D eigenvalue weighted by Gasteiger charge is 2.08. The van der Waals surface area contributed by atoms with Gasteiger partial charge in [0.15, 0.2) is 11.5 Å². The fourth-order valence-corrected chi connectivity index (χ4v) is 2.15. The lowest BCUT2D eigenvalue weighted by Gasteiger charge is -2.13. The molecular weight excluding hydrogens is 377 g/mol. The highest BCUT2D eigenvalue weighted by Crippen LogP contribution is 2.28. The molecule has 0 saturated heterocycles. The number of carbonyl (C=O) groups is 1. The molecule has 26 heavy (non-hydrogen) atoms. The van der Waals surface area contributed by atoms with Crippen LogP contribution in [0.5, 0.6) is 11.5 Å². The van der Waals surface area contributed by atoms with Crippen LogP contribution in [0.4, 0.5) is 0 Å². The minimum Gasteiger partial charge on any atom is -0.493 e. The molecule has 1 aromatic carbocycles. The van der Waals surface area contributed by atoms with Crippen molar-refractivity contribution >= 4 is 30.7 Å². The van der Waals surface area contributed by atoms with Crippen LogP contribution in [0, 0.1) is 0 Å². The fraction of sp³-hybridized carbons (Fsp3) is 0.333. The minimum atomic E-state index is -0.150. The summed E-state index contributed by atoms with van der Waals surface area (Å²) in [5, 5.41) is 2.84. The Morgan fingerprint density at radius 3 is 2.62 bits per heavy atom. The SMILES string of the molecule is COc1cc(CNC(=O)CC(C)N)ccc1OCc1cccnc1.Cl.Cl. The lowest BCUT2D eigenvalue weighted by atomic mass is 10.2. The zero-order valence-corrected chi connectivity index (χ0v) is 16.4. The smallest absolute Gasteiger partial charge is 0.221 e. The van der Waals surface area contributed by atoms with Crippen LogP contribution in [0.25, 0.3) is 0 Å². The van der Waals surface area contributed by atoms with E-state index in [0.29, 0.717) is 31.1 Å². The average Bonchev–Trinajstić information content (AvgIpc) is 2.58. The number of amides is 1. The molecule has 144 valence electrons. The first-order valence-corrected chi connectivity index (χ1v) is 7.79. The van der Waals surface area contributed by atoms with Gasteiger partial charge < -0.3 is 20.5 Å². The van der Waals surface area contributed by atoms with Crippen molar-refractivity contribution < 1.29 is 14.3 Å². The van der Waals surface area contributed by atoms with E-state index < -0.39 is 0 Å². The Morgan fingerprint density at radius 1 is 1.23 bits per heavy atom. The molecule has 0 aliphatic carbocycles. The maximum atomic E-state index is 11.7. The van der Waals surface area contributed by atoms with Crippen molar-refractivity contribution in [3.63, 3.8) is 0 Å². The first-order valence-electron chi connectivity index (χ1n) is 7.79. The van der Waals surface area contributed by atoms with Crippen LogP contribution in [-0.2, 0) is 17.9 Å². The summed E-state index contributed by atoms with van der Waals surface area (Å²) < 4.78 is 11.2. The van der Waals surface area contributed by atoms with E-state index in [0.717, 1.165) is 11.1 Å². The minimum absolute atomic E-state index is 0. The van der Waals surface area contributed by atoms with Crippen molar-refractivity contribution in [3.05, 3.63) is 53.9 Å². The van der Waals surface area contributed by atoms with E-state index in [1.165, 1.54) is 0 Å². The van der Waals surface area contributed by atoms with Gasteiger partial charge in [-0.05, 0) is 30.7 Å². The number of aromatic nitrogens is 1. The second-order valence-electron chi connectivity index (χ2n) is 5.59. The van der Waals surface area contributed by atoms with Crippen LogP contribution >= 0.6 is 24.8 Å². The summed E-state index contributed by atoms with van der Waals surface area (Å²) in [5.41, 5.74) is 7.52. The maximum absolute atomic E-state index is 11.7. The normalized spacial score (nSPS) is 10.7. The van der Waals surface area contributed by atoms with Crippen molar-refractivity contribution in [3.8, 4) is 11.5 Å². The molecule has 8 heteroatoms. The summed E-state index contributed by atoms with van der Waals surface area (Å²) in [6, 6.07) is 9.24. The molecule has 0 spiro atoms. The molecule has 0 bridgehead atoms. The van der Waals surface area contributed by atoms with Crippen LogP contribution in [0.3, 0.4) is 0 Å². The van der Waals surface area contributed by atoms with Gasteiger partial charge in [-0.1, -0.05) is 12.1 Å². The molecule has 0 saturated carbocycles. The number of rotatable bonds is 8. The highest BCUT2D eigenvalue weighted by molar-refractivity contribution is 5.85. The number of pyridine rings is 1. The summed E-state index contributed by atoms with van der Waals surface area (Å²) >= 11 is 0. The first-order chi connectivity index (χ1) is 11.6. The van der Waals surface area contributed by atoms with E-state index in [1.807, 2.05) is 30.3 Å². The van der Waals surface area contributed by atoms with E-state index in [-0.39, 0.29) is 36.8 Å². The number of methoxy groups -OCH3 is 1. The first kappa shape index (κ1) is 24.0. The number of hydrogen-bond donors (Lipinski definition) is 2. The molecule has 1 atom stereocenters. The Hall–Kier alpha value is -2.02. The van der Waals surface area contributed by atoms with Gasteiger partial charge in [0, 0.05) is 37.0 Å². The van der Waals surface area contributed by atoms with Crippen LogP contribution < -0.4 is 20.5 Å². The predicted molar refractivity (Wildman–Crippen MR) is 106 cm³/mol. The van der Waals surface area contributed by atoms with Gasteiger partial charge in [0.1, 0.15) is 6.61 Å². The molecule has 1 heterocycles. The molecule has 1 unspecified atom stereocenters. The van der Waals surface area contributed by atoms with Gasteiger partial charge in [0.25, 0.3) is 0 Å². The van der Waals surface area contributed by atoms with Crippen LogP contribution in [0.2, 0.25) is 0 Å². The van der Waals surface area contributed by atoms with Crippen molar-refractivity contribution in [2.45, 2.75) is 32.5 Å². The second-order valence-corrected chi connectivity index (χ2v) is 5.59. The van der Waals surface area contributed by atoms with Crippen molar-refractivity contribution in [2.24, 2.45) is 5.73 Å². The quantitative estimate of drug-likeness (QED) is 0.709. The third kappa shape index (κ3) is 7.91. The van der Waals surface area contributed by atoms with Gasteiger partial charge in [-0.15, -0.1) is 24.8 Å².